The number of aromatic nitrogens is 3. The van der Waals surface area contributed by atoms with E-state index in [1.165, 1.54) is 12.8 Å². The highest BCUT2D eigenvalue weighted by Crippen LogP contribution is 2.33. The number of esters is 1. The molecule has 0 saturated carbocycles. The molecule has 0 aliphatic rings. The van der Waals surface area contributed by atoms with E-state index in [-0.39, 0.29) is 5.97 Å². The maximum absolute atomic E-state index is 11.6. The smallest absolute Gasteiger partial charge is 0.305 e. The first-order chi connectivity index (χ1) is 44.4. The van der Waals surface area contributed by atoms with E-state index in [4.69, 9.17) is 28.4 Å². The van der Waals surface area contributed by atoms with Gasteiger partial charge in [0.15, 0.2) is 0 Å². The standard InChI is InChI=1S/C79H91N3O7S/c1-6-11-15-23-54-86-73-60-70(45-35-64-37-47-72(48-38-64)85-53-27-21-19-20-22-28-77(83)84-10-5)74(87-55-24-16-12-7-2)58-68(73)43-33-62-29-39-66(40-30-62)78-81-82-79(90-78)67-41-31-63(32-42-67)34-44-69-59-76(89-57-26-18-14-9-4)71(46-36-65-49-51-80-52-50-65)61-75(69)88-56-25-17-13-8-3/h29-32,37-42,47-52,58-61H,6-28,53-57H2,1-5H3. The van der Waals surface area contributed by atoms with Crippen LogP contribution in [0.5, 0.6) is 28.7 Å². The fourth-order valence-corrected chi connectivity index (χ4v) is 10.5. The lowest BCUT2D eigenvalue weighted by molar-refractivity contribution is -0.143. The maximum Gasteiger partial charge on any atom is 0.305 e. The van der Waals surface area contributed by atoms with E-state index in [1.54, 1.807) is 23.7 Å². The zero-order chi connectivity index (χ0) is 63.1. The summed E-state index contributed by atoms with van der Waals surface area (Å²) in [5.41, 5.74) is 8.45. The Labute approximate surface area is 541 Å². The van der Waals surface area contributed by atoms with Gasteiger partial charge in [-0.2, -0.15) is 0 Å². The van der Waals surface area contributed by atoms with E-state index in [9.17, 15) is 4.79 Å². The fraction of sp³-hybridized carbons (Fsp3) is 0.418. The maximum atomic E-state index is 11.6. The first kappa shape index (κ1) is 69.0. The van der Waals surface area contributed by atoms with Crippen molar-refractivity contribution in [2.24, 2.45) is 0 Å². The molecule has 0 saturated heterocycles. The number of carbonyl (C=O) groups is 1. The second-order valence-electron chi connectivity index (χ2n) is 22.3. The van der Waals surface area contributed by atoms with E-state index in [0.717, 1.165) is 193 Å². The van der Waals surface area contributed by atoms with Gasteiger partial charge in [0.25, 0.3) is 0 Å². The second-order valence-corrected chi connectivity index (χ2v) is 23.3. The SMILES string of the molecule is CCCCCCOc1cc(C#Cc2ccc(-c3nnc(-c4ccc(C#Cc5cc(OCCCCCC)c(C#Cc6ccc(OCCCCCCCC(=O)OCC)cc6)cc5OCCCCCC)cc4)s3)cc2)c(OCCCCCC)cc1C#Cc1ccncc1. The summed E-state index contributed by atoms with van der Waals surface area (Å²) in [5.74, 6) is 30.6. The van der Waals surface area contributed by atoms with Gasteiger partial charge < -0.3 is 28.4 Å². The van der Waals surface area contributed by atoms with Gasteiger partial charge in [0.2, 0.25) is 0 Å². The van der Waals surface area contributed by atoms with Crippen LogP contribution in [-0.2, 0) is 9.53 Å². The van der Waals surface area contributed by atoms with Crippen molar-refractivity contribution in [2.75, 3.05) is 39.6 Å². The zero-order valence-electron chi connectivity index (χ0n) is 54.0. The van der Waals surface area contributed by atoms with Crippen molar-refractivity contribution in [3.05, 3.63) is 166 Å². The Balaban J connectivity index is 1.04. The van der Waals surface area contributed by atoms with Crippen molar-refractivity contribution in [1.82, 2.24) is 15.2 Å². The topological polar surface area (TPSA) is 111 Å². The molecule has 0 fully saturated rings. The van der Waals surface area contributed by atoms with Crippen LogP contribution < -0.4 is 23.7 Å². The fourth-order valence-electron chi connectivity index (χ4n) is 9.63. The van der Waals surface area contributed by atoms with Crippen molar-refractivity contribution in [2.45, 2.75) is 176 Å². The van der Waals surface area contributed by atoms with Gasteiger partial charge in [-0.15, -0.1) is 10.2 Å². The number of ether oxygens (including phenoxy) is 6. The Morgan fingerprint density at radius 1 is 0.367 bits per heavy atom. The van der Waals surface area contributed by atoms with Crippen LogP contribution in [0.15, 0.2) is 122 Å². The first-order valence-electron chi connectivity index (χ1n) is 33.1. The van der Waals surface area contributed by atoms with Crippen LogP contribution in [-0.4, -0.2) is 60.8 Å². The molecule has 0 N–H and O–H groups in total. The molecule has 0 spiro atoms. The molecule has 0 bridgehead atoms. The van der Waals surface area contributed by atoms with Crippen molar-refractivity contribution in [3.63, 3.8) is 0 Å². The third-order valence-corrected chi connectivity index (χ3v) is 15.9. The number of unbranched alkanes of at least 4 members (excludes halogenated alkanes) is 16. The molecule has 2 heterocycles. The summed E-state index contributed by atoms with van der Waals surface area (Å²) < 4.78 is 37.0. The second kappa shape index (κ2) is 40.9. The van der Waals surface area contributed by atoms with E-state index >= 15 is 0 Å². The molecule has 11 heteroatoms. The van der Waals surface area contributed by atoms with Crippen molar-refractivity contribution in [1.29, 1.82) is 0 Å². The van der Waals surface area contributed by atoms with Crippen LogP contribution in [0.3, 0.4) is 0 Å². The zero-order valence-corrected chi connectivity index (χ0v) is 54.8. The summed E-state index contributed by atoms with van der Waals surface area (Å²) in [5, 5.41) is 10.9. The normalized spacial score (nSPS) is 10.5. The van der Waals surface area contributed by atoms with Crippen molar-refractivity contribution < 1.29 is 33.2 Å². The van der Waals surface area contributed by atoms with E-state index in [2.05, 4.69) is 90.2 Å². The minimum atomic E-state index is -0.109. The van der Waals surface area contributed by atoms with Crippen LogP contribution in [0, 0.1) is 47.4 Å². The minimum absolute atomic E-state index is 0.109. The molecule has 0 aliphatic heterocycles. The molecular formula is C79H91N3O7S. The quantitative estimate of drug-likeness (QED) is 0.0214. The lowest BCUT2D eigenvalue weighted by atomic mass is 10.1. The van der Waals surface area contributed by atoms with Gasteiger partial charge in [-0.3, -0.25) is 9.78 Å². The van der Waals surface area contributed by atoms with E-state index in [1.807, 2.05) is 116 Å². The summed E-state index contributed by atoms with van der Waals surface area (Å²) in [6, 6.07) is 36.0. The molecule has 0 aliphatic carbocycles. The van der Waals surface area contributed by atoms with Crippen LogP contribution in [0.25, 0.3) is 21.1 Å². The average Bonchev–Trinajstić information content (AvgIpc) is 1.27. The third kappa shape index (κ3) is 24.8. The molecule has 90 heavy (non-hydrogen) atoms. The highest BCUT2D eigenvalue weighted by atomic mass is 32.1. The lowest BCUT2D eigenvalue weighted by Crippen LogP contribution is -2.03. The third-order valence-electron chi connectivity index (χ3n) is 14.9. The Morgan fingerprint density at radius 2 is 0.689 bits per heavy atom. The summed E-state index contributed by atoms with van der Waals surface area (Å²) >= 11 is 1.54. The molecule has 0 atom stereocenters. The summed E-state index contributed by atoms with van der Waals surface area (Å²) in [7, 11) is 0. The van der Waals surface area contributed by atoms with E-state index < -0.39 is 0 Å². The van der Waals surface area contributed by atoms with Crippen LogP contribution in [0.1, 0.15) is 220 Å². The lowest BCUT2D eigenvalue weighted by Gasteiger charge is -2.14. The highest BCUT2D eigenvalue weighted by Gasteiger charge is 2.15. The molecule has 470 valence electrons. The van der Waals surface area contributed by atoms with Crippen LogP contribution in [0.4, 0.5) is 0 Å². The number of rotatable bonds is 36. The average molecular weight is 1230 g/mol. The molecule has 7 rings (SSSR count). The van der Waals surface area contributed by atoms with Crippen molar-refractivity contribution >= 4 is 17.3 Å². The predicted octanol–water partition coefficient (Wildman–Crippen LogP) is 19.0. The Morgan fingerprint density at radius 3 is 1.06 bits per heavy atom. The molecule has 10 nitrogen and oxygen atoms in total. The summed E-state index contributed by atoms with van der Waals surface area (Å²) in [6.45, 7) is 14.1. The monoisotopic (exact) mass is 1230 g/mol. The van der Waals surface area contributed by atoms with Crippen LogP contribution in [0.2, 0.25) is 0 Å². The van der Waals surface area contributed by atoms with Gasteiger partial charge in [-0.1, -0.05) is 207 Å². The molecule has 5 aromatic carbocycles. The Kier molecular flexibility index (Phi) is 31.4. The number of carbonyl (C=O) groups excluding carboxylic acids is 1. The number of hydrogen-bond donors (Lipinski definition) is 0. The van der Waals surface area contributed by atoms with E-state index in [0.29, 0.717) is 69.1 Å². The molecular weight excluding hydrogens is 1130 g/mol. The predicted molar refractivity (Wildman–Crippen MR) is 367 cm³/mol. The van der Waals surface area contributed by atoms with Crippen molar-refractivity contribution in [3.8, 4) is 97.3 Å². The van der Waals surface area contributed by atoms with Gasteiger partial charge in [0, 0.05) is 76.5 Å². The van der Waals surface area contributed by atoms with Gasteiger partial charge in [-0.05, 0) is 106 Å². The summed E-state index contributed by atoms with van der Waals surface area (Å²) in [4.78, 5) is 15.7. The molecule has 0 unspecified atom stereocenters. The minimum Gasteiger partial charge on any atom is -0.494 e. The Hall–Kier alpha value is -8.48. The number of benzene rings is 5. The number of pyridine rings is 1. The first-order valence-corrected chi connectivity index (χ1v) is 34.0. The summed E-state index contributed by atoms with van der Waals surface area (Å²) in [6.07, 6.45) is 26.5. The van der Waals surface area contributed by atoms with Gasteiger partial charge in [0.1, 0.15) is 38.8 Å². The largest absolute Gasteiger partial charge is 0.494 e. The molecule has 7 aromatic rings. The highest BCUT2D eigenvalue weighted by molar-refractivity contribution is 7.17. The number of nitrogens with zero attached hydrogens (tertiary/aromatic N) is 3. The van der Waals surface area contributed by atoms with Gasteiger partial charge >= 0.3 is 5.97 Å². The number of hydrogen-bond acceptors (Lipinski definition) is 11. The molecule has 0 radical (unpaired) electrons. The Bertz CT molecular complexity index is 3510. The molecule has 0 amide bonds. The molecule has 2 aromatic heterocycles. The van der Waals surface area contributed by atoms with Gasteiger partial charge in [0.05, 0.1) is 61.9 Å². The van der Waals surface area contributed by atoms with Crippen LogP contribution >= 0.6 is 11.3 Å². The van der Waals surface area contributed by atoms with Gasteiger partial charge in [-0.25, -0.2) is 0 Å².